The molecular weight excluding hydrogens is 314 g/mol. The minimum absolute atomic E-state index is 0.0645. The van der Waals surface area contributed by atoms with Gasteiger partial charge in [-0.25, -0.2) is 13.4 Å². The third kappa shape index (κ3) is 5.13. The number of guanidine groups is 1. The molecular formula is C16H25N3O3S. The minimum Gasteiger partial charge on any atom is -0.496 e. The number of hydrogen-bond donors (Lipinski definition) is 2. The van der Waals surface area contributed by atoms with Crippen LogP contribution < -0.4 is 15.4 Å². The lowest BCUT2D eigenvalue weighted by Gasteiger charge is -2.16. The van der Waals surface area contributed by atoms with Gasteiger partial charge in [-0.1, -0.05) is 12.1 Å². The molecule has 0 radical (unpaired) electrons. The lowest BCUT2D eigenvalue weighted by atomic mass is 10.1. The van der Waals surface area contributed by atoms with Gasteiger partial charge in [0.25, 0.3) is 0 Å². The number of nitrogens with zero attached hydrogens (tertiary/aromatic N) is 1. The Labute approximate surface area is 138 Å². The van der Waals surface area contributed by atoms with Gasteiger partial charge in [0, 0.05) is 12.6 Å². The van der Waals surface area contributed by atoms with Crippen LogP contribution in [0.3, 0.4) is 0 Å². The van der Waals surface area contributed by atoms with Gasteiger partial charge >= 0.3 is 0 Å². The summed E-state index contributed by atoms with van der Waals surface area (Å²) in [5.74, 6) is 1.92. The largest absolute Gasteiger partial charge is 0.496 e. The number of sulfone groups is 1. The van der Waals surface area contributed by atoms with Crippen LogP contribution in [0.25, 0.3) is 0 Å². The average Bonchev–Trinajstić information content (AvgIpc) is 2.85. The van der Waals surface area contributed by atoms with Crippen molar-refractivity contribution in [3.8, 4) is 5.75 Å². The average molecular weight is 339 g/mol. The molecule has 1 aliphatic rings. The Kier molecular flexibility index (Phi) is 5.87. The summed E-state index contributed by atoms with van der Waals surface area (Å²) in [4.78, 5) is 4.54. The smallest absolute Gasteiger partial charge is 0.191 e. The first kappa shape index (κ1) is 17.6. The van der Waals surface area contributed by atoms with E-state index in [0.717, 1.165) is 23.4 Å². The van der Waals surface area contributed by atoms with Crippen LogP contribution in [0, 0.1) is 6.92 Å². The lowest BCUT2D eigenvalue weighted by Crippen LogP contribution is -2.44. The molecule has 2 rings (SSSR count). The van der Waals surface area contributed by atoms with Crippen LogP contribution in [0.4, 0.5) is 0 Å². The van der Waals surface area contributed by atoms with Crippen LogP contribution in [0.2, 0.25) is 0 Å². The number of rotatable bonds is 5. The van der Waals surface area contributed by atoms with E-state index in [1.54, 1.807) is 7.11 Å². The minimum atomic E-state index is -2.90. The van der Waals surface area contributed by atoms with Crippen molar-refractivity contribution >= 4 is 15.8 Å². The van der Waals surface area contributed by atoms with Gasteiger partial charge in [0.2, 0.25) is 0 Å². The Morgan fingerprint density at radius 2 is 2.22 bits per heavy atom. The van der Waals surface area contributed by atoms with E-state index in [1.165, 1.54) is 0 Å². The van der Waals surface area contributed by atoms with Crippen molar-refractivity contribution in [2.75, 3.05) is 25.2 Å². The number of nitrogens with one attached hydrogen (secondary N) is 2. The first-order chi connectivity index (χ1) is 10.9. The van der Waals surface area contributed by atoms with Gasteiger partial charge in [0.15, 0.2) is 15.8 Å². The molecule has 0 saturated carbocycles. The second-order valence-electron chi connectivity index (χ2n) is 5.74. The van der Waals surface area contributed by atoms with E-state index in [4.69, 9.17) is 4.74 Å². The Morgan fingerprint density at radius 3 is 2.83 bits per heavy atom. The van der Waals surface area contributed by atoms with Gasteiger partial charge in [-0.3, -0.25) is 0 Å². The molecule has 7 heteroatoms. The molecule has 6 nitrogen and oxygen atoms in total. The molecule has 1 atom stereocenters. The number of aryl methyl sites for hydroxylation is 1. The molecule has 0 aliphatic carbocycles. The van der Waals surface area contributed by atoms with E-state index in [0.29, 0.717) is 18.9 Å². The third-order valence-electron chi connectivity index (χ3n) is 3.81. The summed E-state index contributed by atoms with van der Waals surface area (Å²) >= 11 is 0. The van der Waals surface area contributed by atoms with Crippen LogP contribution in [0.5, 0.6) is 5.75 Å². The summed E-state index contributed by atoms with van der Waals surface area (Å²) in [6.45, 7) is 5.21. The fourth-order valence-electron chi connectivity index (χ4n) is 2.56. The Balaban J connectivity index is 2.04. The summed E-state index contributed by atoms with van der Waals surface area (Å²) in [7, 11) is -1.24. The molecule has 0 bridgehead atoms. The standard InChI is InChI=1S/C16H25N3O3S/c1-4-17-16(19-14-7-8-23(20,21)11-14)18-10-13-6-5-12(2)15(9-13)22-3/h5-6,9,14H,4,7-8,10-11H2,1-3H3,(H2,17,18,19). The van der Waals surface area contributed by atoms with E-state index in [9.17, 15) is 8.42 Å². The fraction of sp³-hybridized carbons (Fsp3) is 0.562. The van der Waals surface area contributed by atoms with Crippen LogP contribution in [-0.4, -0.2) is 45.6 Å². The highest BCUT2D eigenvalue weighted by Gasteiger charge is 2.28. The quantitative estimate of drug-likeness (QED) is 0.623. The highest BCUT2D eigenvalue weighted by atomic mass is 32.2. The third-order valence-corrected chi connectivity index (χ3v) is 5.58. The normalized spacial score (nSPS) is 20.3. The second-order valence-corrected chi connectivity index (χ2v) is 7.97. The van der Waals surface area contributed by atoms with Crippen molar-refractivity contribution in [1.29, 1.82) is 0 Å². The monoisotopic (exact) mass is 339 g/mol. The molecule has 0 spiro atoms. The molecule has 0 amide bonds. The van der Waals surface area contributed by atoms with Gasteiger partial charge in [-0.2, -0.15) is 0 Å². The molecule has 2 N–H and O–H groups in total. The zero-order valence-corrected chi connectivity index (χ0v) is 14.7. The highest BCUT2D eigenvalue weighted by Crippen LogP contribution is 2.19. The van der Waals surface area contributed by atoms with Gasteiger partial charge in [-0.05, 0) is 37.5 Å². The first-order valence-electron chi connectivity index (χ1n) is 7.82. The molecule has 1 fully saturated rings. The fourth-order valence-corrected chi connectivity index (χ4v) is 4.23. The van der Waals surface area contributed by atoms with Gasteiger partial charge in [-0.15, -0.1) is 0 Å². The molecule has 1 aliphatic heterocycles. The number of methoxy groups -OCH3 is 1. The Hall–Kier alpha value is -1.76. The van der Waals surface area contributed by atoms with Gasteiger partial charge in [0.1, 0.15) is 5.75 Å². The molecule has 1 aromatic carbocycles. The molecule has 1 aromatic rings. The van der Waals surface area contributed by atoms with E-state index in [1.807, 2.05) is 32.0 Å². The second kappa shape index (κ2) is 7.68. The van der Waals surface area contributed by atoms with Crippen LogP contribution >= 0.6 is 0 Å². The van der Waals surface area contributed by atoms with Gasteiger partial charge in [0.05, 0.1) is 25.2 Å². The maximum Gasteiger partial charge on any atom is 0.191 e. The summed E-state index contributed by atoms with van der Waals surface area (Å²) in [6, 6.07) is 5.94. The summed E-state index contributed by atoms with van der Waals surface area (Å²) in [5, 5.41) is 6.37. The van der Waals surface area contributed by atoms with Crippen molar-refractivity contribution in [3.05, 3.63) is 29.3 Å². The first-order valence-corrected chi connectivity index (χ1v) is 9.64. The molecule has 23 heavy (non-hydrogen) atoms. The van der Waals surface area contributed by atoms with Crippen LogP contribution in [-0.2, 0) is 16.4 Å². The van der Waals surface area contributed by atoms with E-state index in [-0.39, 0.29) is 17.5 Å². The predicted molar refractivity (Wildman–Crippen MR) is 92.7 cm³/mol. The topological polar surface area (TPSA) is 79.8 Å². The SMILES string of the molecule is CCNC(=NCc1ccc(C)c(OC)c1)NC1CCS(=O)(=O)C1. The zero-order valence-electron chi connectivity index (χ0n) is 13.9. The van der Waals surface area contributed by atoms with Crippen molar-refractivity contribution in [2.24, 2.45) is 4.99 Å². The van der Waals surface area contributed by atoms with Crippen LogP contribution in [0.15, 0.2) is 23.2 Å². The lowest BCUT2D eigenvalue weighted by molar-refractivity contribution is 0.411. The number of hydrogen-bond acceptors (Lipinski definition) is 4. The van der Waals surface area contributed by atoms with Gasteiger partial charge < -0.3 is 15.4 Å². The number of benzene rings is 1. The summed E-state index contributed by atoms with van der Waals surface area (Å²) in [5.41, 5.74) is 2.13. The maximum atomic E-state index is 11.5. The predicted octanol–water partition coefficient (Wildman–Crippen LogP) is 1.25. The molecule has 128 valence electrons. The maximum absolute atomic E-state index is 11.5. The van der Waals surface area contributed by atoms with Crippen molar-refractivity contribution in [3.63, 3.8) is 0 Å². The van der Waals surface area contributed by atoms with E-state index >= 15 is 0 Å². The van der Waals surface area contributed by atoms with E-state index in [2.05, 4.69) is 15.6 Å². The van der Waals surface area contributed by atoms with Crippen molar-refractivity contribution < 1.29 is 13.2 Å². The Morgan fingerprint density at radius 1 is 1.43 bits per heavy atom. The number of aliphatic imine (C=N–C) groups is 1. The Bertz CT molecular complexity index is 671. The van der Waals surface area contributed by atoms with Crippen molar-refractivity contribution in [2.45, 2.75) is 32.9 Å². The number of ether oxygens (including phenoxy) is 1. The van der Waals surface area contributed by atoms with Crippen molar-refractivity contribution in [1.82, 2.24) is 10.6 Å². The molecule has 1 saturated heterocycles. The molecule has 1 heterocycles. The molecule has 1 unspecified atom stereocenters. The summed E-state index contributed by atoms with van der Waals surface area (Å²) < 4.78 is 28.4. The summed E-state index contributed by atoms with van der Waals surface area (Å²) in [6.07, 6.45) is 0.630. The van der Waals surface area contributed by atoms with Crippen LogP contribution in [0.1, 0.15) is 24.5 Å². The van der Waals surface area contributed by atoms with E-state index < -0.39 is 9.84 Å². The zero-order chi connectivity index (χ0) is 16.9. The molecule has 0 aromatic heterocycles. The highest BCUT2D eigenvalue weighted by molar-refractivity contribution is 7.91.